The third-order valence-electron chi connectivity index (χ3n) is 2.62. The molecule has 0 bridgehead atoms. The van der Waals surface area contributed by atoms with Crippen LogP contribution in [-0.4, -0.2) is 19.1 Å². The summed E-state index contributed by atoms with van der Waals surface area (Å²) in [6, 6.07) is 8.00. The van der Waals surface area contributed by atoms with Gasteiger partial charge in [0.1, 0.15) is 0 Å². The van der Waals surface area contributed by atoms with Gasteiger partial charge in [-0.05, 0) is 38.0 Å². The van der Waals surface area contributed by atoms with Crippen LogP contribution < -0.4 is 5.32 Å². The fraction of sp³-hybridized carbons (Fsp3) is 0.500. The molecule has 0 saturated heterocycles. The van der Waals surface area contributed by atoms with Crippen molar-refractivity contribution >= 4 is 21.8 Å². The Kier molecular flexibility index (Phi) is 6.98. The zero-order valence-corrected chi connectivity index (χ0v) is 12.5. The van der Waals surface area contributed by atoms with Crippen LogP contribution in [0.5, 0.6) is 0 Å². The van der Waals surface area contributed by atoms with E-state index in [1.54, 1.807) is 0 Å². The first-order valence-corrected chi connectivity index (χ1v) is 7.05. The Morgan fingerprint density at radius 1 is 1.50 bits per heavy atom. The van der Waals surface area contributed by atoms with Crippen molar-refractivity contribution in [3.8, 4) is 0 Å². The summed E-state index contributed by atoms with van der Waals surface area (Å²) in [6.07, 6.45) is 1.28. The molecule has 0 spiro atoms. The lowest BCUT2D eigenvalue weighted by atomic mass is 10.1. The fourth-order valence-electron chi connectivity index (χ4n) is 1.65. The highest BCUT2D eigenvalue weighted by atomic mass is 79.9. The molecule has 0 saturated carbocycles. The van der Waals surface area contributed by atoms with Crippen LogP contribution in [0.15, 0.2) is 28.7 Å². The number of benzene rings is 1. The molecule has 1 unspecified atom stereocenters. The molecular weight excluding hydrogens is 294 g/mol. The Labute approximate surface area is 117 Å². The van der Waals surface area contributed by atoms with E-state index in [4.69, 9.17) is 4.74 Å². The summed E-state index contributed by atoms with van der Waals surface area (Å²) in [5.74, 6) is 0.0715. The Morgan fingerprint density at radius 3 is 2.94 bits per heavy atom. The van der Waals surface area contributed by atoms with Crippen molar-refractivity contribution < 1.29 is 9.53 Å². The van der Waals surface area contributed by atoms with Crippen molar-refractivity contribution in [3.63, 3.8) is 0 Å². The van der Waals surface area contributed by atoms with Crippen LogP contribution in [0.25, 0.3) is 0 Å². The smallest absolute Gasteiger partial charge is 0.220 e. The predicted octanol–water partition coefficient (Wildman–Crippen LogP) is 3.44. The maximum absolute atomic E-state index is 11.7. The standard InChI is InChI=1S/C14H20BrNO2/c1-3-18-9-5-8-14(17)16-11(2)12-6-4-7-13(15)10-12/h4,6-7,10-11H,3,5,8-9H2,1-2H3,(H,16,17). The van der Waals surface area contributed by atoms with Gasteiger partial charge in [-0.3, -0.25) is 4.79 Å². The lowest BCUT2D eigenvalue weighted by Gasteiger charge is -2.14. The molecule has 0 aromatic heterocycles. The van der Waals surface area contributed by atoms with E-state index in [2.05, 4.69) is 21.2 Å². The average molecular weight is 314 g/mol. The fourth-order valence-corrected chi connectivity index (χ4v) is 2.07. The summed E-state index contributed by atoms with van der Waals surface area (Å²) < 4.78 is 6.23. The van der Waals surface area contributed by atoms with Gasteiger partial charge in [-0.2, -0.15) is 0 Å². The van der Waals surface area contributed by atoms with E-state index < -0.39 is 0 Å². The first-order valence-electron chi connectivity index (χ1n) is 6.26. The quantitative estimate of drug-likeness (QED) is 0.783. The lowest BCUT2D eigenvalue weighted by molar-refractivity contribution is -0.122. The number of carbonyl (C=O) groups excluding carboxylic acids is 1. The van der Waals surface area contributed by atoms with E-state index in [1.165, 1.54) is 0 Å². The molecular formula is C14H20BrNO2. The highest BCUT2D eigenvalue weighted by molar-refractivity contribution is 9.10. The van der Waals surface area contributed by atoms with Gasteiger partial charge in [0, 0.05) is 24.1 Å². The summed E-state index contributed by atoms with van der Waals surface area (Å²) in [5.41, 5.74) is 1.10. The number of hydrogen-bond acceptors (Lipinski definition) is 2. The topological polar surface area (TPSA) is 38.3 Å². The summed E-state index contributed by atoms with van der Waals surface area (Å²) in [7, 11) is 0. The molecule has 1 aromatic rings. The van der Waals surface area contributed by atoms with E-state index in [-0.39, 0.29) is 11.9 Å². The minimum Gasteiger partial charge on any atom is -0.382 e. The maximum Gasteiger partial charge on any atom is 0.220 e. The van der Waals surface area contributed by atoms with E-state index in [1.807, 2.05) is 38.1 Å². The van der Waals surface area contributed by atoms with Crippen LogP contribution in [-0.2, 0) is 9.53 Å². The normalized spacial score (nSPS) is 12.2. The van der Waals surface area contributed by atoms with E-state index in [0.29, 0.717) is 19.6 Å². The molecule has 0 aliphatic carbocycles. The van der Waals surface area contributed by atoms with Gasteiger partial charge in [0.25, 0.3) is 0 Å². The van der Waals surface area contributed by atoms with E-state index >= 15 is 0 Å². The number of carbonyl (C=O) groups is 1. The van der Waals surface area contributed by atoms with E-state index in [0.717, 1.165) is 16.5 Å². The molecule has 1 rings (SSSR count). The largest absolute Gasteiger partial charge is 0.382 e. The van der Waals surface area contributed by atoms with Gasteiger partial charge >= 0.3 is 0 Å². The van der Waals surface area contributed by atoms with Crippen LogP contribution in [0.1, 0.15) is 38.3 Å². The van der Waals surface area contributed by atoms with Gasteiger partial charge in [-0.25, -0.2) is 0 Å². The Bertz CT molecular complexity index is 382. The summed E-state index contributed by atoms with van der Waals surface area (Å²) in [4.78, 5) is 11.7. The van der Waals surface area contributed by atoms with Crippen LogP contribution in [0.4, 0.5) is 0 Å². The third kappa shape index (κ3) is 5.65. The molecule has 1 atom stereocenters. The average Bonchev–Trinajstić information content (AvgIpc) is 2.34. The Balaban J connectivity index is 2.35. The number of hydrogen-bond donors (Lipinski definition) is 1. The van der Waals surface area contributed by atoms with Gasteiger partial charge in [-0.15, -0.1) is 0 Å². The second-order valence-corrected chi connectivity index (χ2v) is 5.06. The van der Waals surface area contributed by atoms with Crippen molar-refractivity contribution in [3.05, 3.63) is 34.3 Å². The summed E-state index contributed by atoms with van der Waals surface area (Å²) in [5, 5.41) is 2.98. The van der Waals surface area contributed by atoms with Crippen LogP contribution in [0.3, 0.4) is 0 Å². The molecule has 1 N–H and O–H groups in total. The number of amides is 1. The maximum atomic E-state index is 11.7. The second-order valence-electron chi connectivity index (χ2n) is 4.14. The van der Waals surface area contributed by atoms with Crippen molar-refractivity contribution in [2.75, 3.05) is 13.2 Å². The summed E-state index contributed by atoms with van der Waals surface area (Å²) in [6.45, 7) is 5.29. The van der Waals surface area contributed by atoms with Crippen molar-refractivity contribution in [2.24, 2.45) is 0 Å². The molecule has 1 aromatic carbocycles. The highest BCUT2D eigenvalue weighted by Gasteiger charge is 2.09. The third-order valence-corrected chi connectivity index (χ3v) is 3.12. The van der Waals surface area contributed by atoms with Crippen molar-refractivity contribution in [1.82, 2.24) is 5.32 Å². The molecule has 0 fully saturated rings. The van der Waals surface area contributed by atoms with Crippen molar-refractivity contribution in [1.29, 1.82) is 0 Å². The lowest BCUT2D eigenvalue weighted by Crippen LogP contribution is -2.26. The SMILES string of the molecule is CCOCCCC(=O)NC(C)c1cccc(Br)c1. The van der Waals surface area contributed by atoms with Crippen molar-refractivity contribution in [2.45, 2.75) is 32.7 Å². The molecule has 0 aliphatic rings. The number of halogens is 1. The molecule has 4 heteroatoms. The molecule has 0 aliphatic heterocycles. The van der Waals surface area contributed by atoms with Gasteiger partial charge in [0.05, 0.1) is 6.04 Å². The second kappa shape index (κ2) is 8.27. The number of ether oxygens (including phenoxy) is 1. The van der Waals surface area contributed by atoms with Gasteiger partial charge < -0.3 is 10.1 Å². The van der Waals surface area contributed by atoms with Gasteiger partial charge in [-0.1, -0.05) is 28.1 Å². The minimum atomic E-state index is 0.0297. The predicted molar refractivity (Wildman–Crippen MR) is 76.4 cm³/mol. The monoisotopic (exact) mass is 313 g/mol. The summed E-state index contributed by atoms with van der Waals surface area (Å²) >= 11 is 3.43. The van der Waals surface area contributed by atoms with E-state index in [9.17, 15) is 4.79 Å². The highest BCUT2D eigenvalue weighted by Crippen LogP contribution is 2.17. The molecule has 3 nitrogen and oxygen atoms in total. The minimum absolute atomic E-state index is 0.0297. The molecule has 100 valence electrons. The van der Waals surface area contributed by atoms with Crippen LogP contribution in [0.2, 0.25) is 0 Å². The Morgan fingerprint density at radius 2 is 2.28 bits per heavy atom. The molecule has 0 radical (unpaired) electrons. The first kappa shape index (κ1) is 15.2. The first-order chi connectivity index (χ1) is 8.63. The zero-order valence-electron chi connectivity index (χ0n) is 10.9. The zero-order chi connectivity index (χ0) is 13.4. The Hall–Kier alpha value is -0.870. The number of nitrogens with one attached hydrogen (secondary N) is 1. The molecule has 0 heterocycles. The van der Waals surface area contributed by atoms with Gasteiger partial charge in [0.15, 0.2) is 0 Å². The van der Waals surface area contributed by atoms with Crippen LogP contribution in [0, 0.1) is 0 Å². The molecule has 18 heavy (non-hydrogen) atoms. The molecule has 1 amide bonds. The van der Waals surface area contributed by atoms with Crippen LogP contribution >= 0.6 is 15.9 Å². The number of rotatable bonds is 7. The van der Waals surface area contributed by atoms with Gasteiger partial charge in [0.2, 0.25) is 5.91 Å².